The van der Waals surface area contributed by atoms with Gasteiger partial charge in [-0.3, -0.25) is 9.67 Å². The van der Waals surface area contributed by atoms with Gasteiger partial charge in [0.1, 0.15) is 5.69 Å². The topological polar surface area (TPSA) is 75.9 Å². The van der Waals surface area contributed by atoms with Crippen molar-refractivity contribution >= 4 is 5.69 Å². The Morgan fingerprint density at radius 1 is 1.32 bits per heavy atom. The number of hydrogen-bond acceptors (Lipinski definition) is 5. The van der Waals surface area contributed by atoms with E-state index >= 15 is 0 Å². The Balaban J connectivity index is 1.92. The molecule has 2 N–H and O–H groups in total. The van der Waals surface area contributed by atoms with Crippen molar-refractivity contribution in [3.63, 3.8) is 0 Å². The van der Waals surface area contributed by atoms with Gasteiger partial charge in [-0.1, -0.05) is 5.21 Å². The number of rotatable bonds is 6. The highest BCUT2D eigenvalue weighted by Crippen LogP contribution is 2.13. The third-order valence-electron chi connectivity index (χ3n) is 2.82. The number of pyridine rings is 1. The first kappa shape index (κ1) is 13.5. The first-order valence-electron chi connectivity index (χ1n) is 6.37. The highest BCUT2D eigenvalue weighted by Gasteiger charge is 2.03. The molecule has 0 amide bonds. The minimum Gasteiger partial charge on any atom is -0.396 e. The Hall–Kier alpha value is -1.95. The summed E-state index contributed by atoms with van der Waals surface area (Å²) in [6, 6.07) is 4.00. The lowest BCUT2D eigenvalue weighted by molar-refractivity contribution is 0.276. The lowest BCUT2D eigenvalue weighted by Gasteiger charge is -2.07. The standard InChI is InChI=1S/C13H19N5O/c1-10-4-5-13(11(2)15-10)14-8-12-9-18(17-16-12)6-3-7-19/h4-5,9,14,19H,3,6-8H2,1-2H3. The highest BCUT2D eigenvalue weighted by atomic mass is 16.3. The molecule has 2 aromatic heterocycles. The fourth-order valence-corrected chi connectivity index (χ4v) is 1.82. The molecule has 0 aromatic carbocycles. The molecule has 0 aliphatic carbocycles. The Morgan fingerprint density at radius 2 is 2.16 bits per heavy atom. The maximum atomic E-state index is 8.76. The molecule has 102 valence electrons. The third-order valence-corrected chi connectivity index (χ3v) is 2.82. The first-order valence-corrected chi connectivity index (χ1v) is 6.37. The minimum atomic E-state index is 0.168. The molecule has 0 saturated heterocycles. The smallest absolute Gasteiger partial charge is 0.102 e. The zero-order valence-corrected chi connectivity index (χ0v) is 11.3. The minimum absolute atomic E-state index is 0.168. The normalized spacial score (nSPS) is 10.7. The van der Waals surface area contributed by atoms with E-state index in [1.807, 2.05) is 32.2 Å². The lowest BCUT2D eigenvalue weighted by Crippen LogP contribution is -2.03. The average Bonchev–Trinajstić information content (AvgIpc) is 2.83. The monoisotopic (exact) mass is 261 g/mol. The fourth-order valence-electron chi connectivity index (χ4n) is 1.82. The van der Waals surface area contributed by atoms with Crippen LogP contribution in [0.1, 0.15) is 23.5 Å². The van der Waals surface area contributed by atoms with E-state index in [-0.39, 0.29) is 6.61 Å². The molecule has 0 saturated carbocycles. The molecule has 2 rings (SSSR count). The summed E-state index contributed by atoms with van der Waals surface area (Å²) in [7, 11) is 0. The summed E-state index contributed by atoms with van der Waals surface area (Å²) in [5.74, 6) is 0. The summed E-state index contributed by atoms with van der Waals surface area (Å²) in [5.41, 5.74) is 3.87. The third kappa shape index (κ3) is 3.75. The molecular formula is C13H19N5O. The van der Waals surface area contributed by atoms with Crippen molar-refractivity contribution in [2.75, 3.05) is 11.9 Å². The van der Waals surface area contributed by atoms with Crippen molar-refractivity contribution in [1.82, 2.24) is 20.0 Å². The second kappa shape index (κ2) is 6.29. The predicted molar refractivity (Wildman–Crippen MR) is 72.8 cm³/mol. The van der Waals surface area contributed by atoms with Crippen LogP contribution in [0.15, 0.2) is 18.3 Å². The van der Waals surface area contributed by atoms with Gasteiger partial charge in [-0.05, 0) is 32.4 Å². The van der Waals surface area contributed by atoms with Gasteiger partial charge in [-0.25, -0.2) is 0 Å². The first-order chi connectivity index (χ1) is 9.19. The second-order valence-electron chi connectivity index (χ2n) is 4.49. The zero-order valence-electron chi connectivity index (χ0n) is 11.3. The molecule has 19 heavy (non-hydrogen) atoms. The molecule has 6 nitrogen and oxygen atoms in total. The van der Waals surface area contributed by atoms with Crippen molar-refractivity contribution in [2.45, 2.75) is 33.4 Å². The van der Waals surface area contributed by atoms with Crippen LogP contribution in [0, 0.1) is 13.8 Å². The summed E-state index contributed by atoms with van der Waals surface area (Å²) in [4.78, 5) is 4.40. The van der Waals surface area contributed by atoms with Crippen molar-refractivity contribution in [2.24, 2.45) is 0 Å². The SMILES string of the molecule is Cc1ccc(NCc2cn(CCCO)nn2)c(C)n1. The van der Waals surface area contributed by atoms with Gasteiger partial charge in [0, 0.05) is 18.8 Å². The van der Waals surface area contributed by atoms with Gasteiger partial charge in [0.25, 0.3) is 0 Å². The average molecular weight is 261 g/mol. The number of aliphatic hydroxyl groups excluding tert-OH is 1. The van der Waals surface area contributed by atoms with Gasteiger partial charge >= 0.3 is 0 Å². The summed E-state index contributed by atoms with van der Waals surface area (Å²) in [5, 5.41) is 20.1. The lowest BCUT2D eigenvalue weighted by atomic mass is 10.2. The fraction of sp³-hybridized carbons (Fsp3) is 0.462. The molecule has 0 radical (unpaired) electrons. The molecule has 0 unspecified atom stereocenters. The van der Waals surface area contributed by atoms with Crippen LogP contribution in [0.4, 0.5) is 5.69 Å². The van der Waals surface area contributed by atoms with Crippen LogP contribution in [-0.2, 0) is 13.1 Å². The second-order valence-corrected chi connectivity index (χ2v) is 4.49. The molecule has 6 heteroatoms. The number of aromatic nitrogens is 4. The van der Waals surface area contributed by atoms with Crippen molar-refractivity contribution in [3.8, 4) is 0 Å². The van der Waals surface area contributed by atoms with Gasteiger partial charge in [0.15, 0.2) is 0 Å². The number of hydrogen-bond donors (Lipinski definition) is 2. The zero-order chi connectivity index (χ0) is 13.7. The van der Waals surface area contributed by atoms with Crippen LogP contribution in [0.3, 0.4) is 0 Å². The van der Waals surface area contributed by atoms with Gasteiger partial charge in [0.2, 0.25) is 0 Å². The molecule has 0 atom stereocenters. The van der Waals surface area contributed by atoms with Gasteiger partial charge in [-0.15, -0.1) is 5.10 Å². The Kier molecular flexibility index (Phi) is 4.46. The van der Waals surface area contributed by atoms with Crippen molar-refractivity contribution in [3.05, 3.63) is 35.4 Å². The Labute approximate surface area is 112 Å². The van der Waals surface area contributed by atoms with E-state index in [9.17, 15) is 0 Å². The van der Waals surface area contributed by atoms with E-state index in [0.29, 0.717) is 19.5 Å². The molecule has 0 spiro atoms. The van der Waals surface area contributed by atoms with Gasteiger partial charge in [-0.2, -0.15) is 0 Å². The maximum Gasteiger partial charge on any atom is 0.102 e. The summed E-state index contributed by atoms with van der Waals surface area (Å²) in [6.45, 7) is 5.43. The largest absolute Gasteiger partial charge is 0.396 e. The van der Waals surface area contributed by atoms with E-state index in [0.717, 1.165) is 22.8 Å². The molecule has 0 aliphatic heterocycles. The van der Waals surface area contributed by atoms with E-state index in [2.05, 4.69) is 20.6 Å². The molecule has 0 bridgehead atoms. The molecular weight excluding hydrogens is 242 g/mol. The van der Waals surface area contributed by atoms with Crippen molar-refractivity contribution < 1.29 is 5.11 Å². The van der Waals surface area contributed by atoms with E-state index < -0.39 is 0 Å². The Morgan fingerprint density at radius 3 is 2.89 bits per heavy atom. The number of anilines is 1. The van der Waals surface area contributed by atoms with Crippen LogP contribution in [0.5, 0.6) is 0 Å². The number of nitrogens with zero attached hydrogens (tertiary/aromatic N) is 4. The highest BCUT2D eigenvalue weighted by molar-refractivity contribution is 5.47. The number of aryl methyl sites for hydroxylation is 3. The molecule has 2 heterocycles. The van der Waals surface area contributed by atoms with Crippen LogP contribution >= 0.6 is 0 Å². The summed E-state index contributed by atoms with van der Waals surface area (Å²) < 4.78 is 1.74. The van der Waals surface area contributed by atoms with Gasteiger partial charge in [0.05, 0.1) is 24.1 Å². The number of nitrogens with one attached hydrogen (secondary N) is 1. The summed E-state index contributed by atoms with van der Waals surface area (Å²) in [6.07, 6.45) is 2.58. The Bertz CT molecular complexity index is 538. The molecule has 0 aliphatic rings. The quantitative estimate of drug-likeness (QED) is 0.819. The maximum absolute atomic E-state index is 8.76. The van der Waals surface area contributed by atoms with E-state index in [4.69, 9.17) is 5.11 Å². The van der Waals surface area contributed by atoms with E-state index in [1.54, 1.807) is 4.68 Å². The van der Waals surface area contributed by atoms with Crippen LogP contribution in [0.25, 0.3) is 0 Å². The molecule has 2 aromatic rings. The van der Waals surface area contributed by atoms with Crippen LogP contribution in [0.2, 0.25) is 0 Å². The van der Waals surface area contributed by atoms with Gasteiger partial charge < -0.3 is 10.4 Å². The van der Waals surface area contributed by atoms with Crippen LogP contribution in [-0.4, -0.2) is 31.7 Å². The predicted octanol–water partition coefficient (Wildman–Crippen LogP) is 1.28. The molecule has 0 fully saturated rings. The number of aliphatic hydroxyl groups is 1. The van der Waals surface area contributed by atoms with Crippen LogP contribution < -0.4 is 5.32 Å². The summed E-state index contributed by atoms with van der Waals surface area (Å²) >= 11 is 0. The van der Waals surface area contributed by atoms with E-state index in [1.165, 1.54) is 0 Å². The van der Waals surface area contributed by atoms with Crippen molar-refractivity contribution in [1.29, 1.82) is 0 Å².